The van der Waals surface area contributed by atoms with Crippen molar-refractivity contribution >= 4 is 33.3 Å². The van der Waals surface area contributed by atoms with Gasteiger partial charge in [-0.15, -0.1) is 0 Å². The predicted octanol–water partition coefficient (Wildman–Crippen LogP) is 4.33. The number of para-hydroxylation sites is 2. The Labute approximate surface area is 173 Å². The Balaban J connectivity index is 1.45. The van der Waals surface area contributed by atoms with E-state index in [1.54, 1.807) is 17.5 Å². The Bertz CT molecular complexity index is 1110. The summed E-state index contributed by atoms with van der Waals surface area (Å²) in [5.74, 6) is 0.704. The fourth-order valence-electron chi connectivity index (χ4n) is 3.42. The molecule has 0 saturated carbocycles. The van der Waals surface area contributed by atoms with Gasteiger partial charge in [-0.05, 0) is 12.1 Å². The van der Waals surface area contributed by atoms with Crippen molar-refractivity contribution in [2.75, 3.05) is 31.6 Å². The number of hydrogen-bond acceptors (Lipinski definition) is 7. The number of fused-ring (bicyclic) bond motifs is 1. The molecule has 0 spiro atoms. The number of benzene rings is 2. The minimum atomic E-state index is 0.704. The van der Waals surface area contributed by atoms with Gasteiger partial charge in [-0.25, -0.2) is 9.97 Å². The van der Waals surface area contributed by atoms with E-state index in [-0.39, 0.29) is 0 Å². The van der Waals surface area contributed by atoms with E-state index in [1.165, 1.54) is 4.88 Å². The fourth-order valence-corrected chi connectivity index (χ4v) is 4.46. The van der Waals surface area contributed by atoms with Gasteiger partial charge in [0.05, 0.1) is 36.1 Å². The van der Waals surface area contributed by atoms with Crippen molar-refractivity contribution in [3.05, 3.63) is 65.7 Å². The highest BCUT2D eigenvalue weighted by molar-refractivity contribution is 7.16. The van der Waals surface area contributed by atoms with E-state index in [9.17, 15) is 0 Å². The van der Waals surface area contributed by atoms with Gasteiger partial charge in [0.25, 0.3) is 0 Å². The number of nitrogens with one attached hydrogen (secondary N) is 1. The average molecular weight is 404 g/mol. The van der Waals surface area contributed by atoms with Gasteiger partial charge < -0.3 is 10.1 Å². The summed E-state index contributed by atoms with van der Waals surface area (Å²) in [5.41, 5.74) is 3.91. The van der Waals surface area contributed by atoms with Crippen molar-refractivity contribution in [3.63, 3.8) is 0 Å². The van der Waals surface area contributed by atoms with E-state index in [2.05, 4.69) is 44.5 Å². The van der Waals surface area contributed by atoms with Gasteiger partial charge in [0.1, 0.15) is 0 Å². The van der Waals surface area contributed by atoms with Crippen molar-refractivity contribution in [2.24, 2.45) is 0 Å². The molecule has 6 nitrogen and oxygen atoms in total. The van der Waals surface area contributed by atoms with Crippen LogP contribution in [0.25, 0.3) is 22.3 Å². The lowest BCUT2D eigenvalue weighted by atomic mass is 10.1. The van der Waals surface area contributed by atoms with E-state index in [0.29, 0.717) is 5.82 Å². The van der Waals surface area contributed by atoms with Crippen LogP contribution in [-0.2, 0) is 11.3 Å². The molecule has 1 fully saturated rings. The highest BCUT2D eigenvalue weighted by Crippen LogP contribution is 2.33. The van der Waals surface area contributed by atoms with Crippen molar-refractivity contribution in [1.29, 1.82) is 0 Å². The summed E-state index contributed by atoms with van der Waals surface area (Å²) in [4.78, 5) is 17.7. The van der Waals surface area contributed by atoms with Gasteiger partial charge in [0, 0.05) is 30.1 Å². The third kappa shape index (κ3) is 4.12. The molecule has 1 aliphatic rings. The Kier molecular flexibility index (Phi) is 5.17. The highest BCUT2D eigenvalue weighted by atomic mass is 32.1. The first-order chi connectivity index (χ1) is 14.3. The molecule has 3 heterocycles. The summed E-state index contributed by atoms with van der Waals surface area (Å²) in [6, 6.07) is 18.2. The van der Waals surface area contributed by atoms with E-state index in [4.69, 9.17) is 9.72 Å². The minimum Gasteiger partial charge on any atom is -0.379 e. The van der Waals surface area contributed by atoms with E-state index in [0.717, 1.165) is 60.3 Å². The molecule has 5 rings (SSSR count). The van der Waals surface area contributed by atoms with Crippen LogP contribution in [0.4, 0.5) is 10.9 Å². The van der Waals surface area contributed by atoms with Crippen LogP contribution in [0.2, 0.25) is 0 Å². The molecule has 4 aromatic rings. The quantitative estimate of drug-likeness (QED) is 0.535. The van der Waals surface area contributed by atoms with Crippen LogP contribution in [0.15, 0.2) is 60.8 Å². The number of nitrogens with zero attached hydrogens (tertiary/aromatic N) is 4. The maximum atomic E-state index is 5.49. The Hall–Kier alpha value is -2.87. The minimum absolute atomic E-state index is 0.704. The van der Waals surface area contributed by atoms with Crippen LogP contribution in [0.3, 0.4) is 0 Å². The average Bonchev–Trinajstić information content (AvgIpc) is 3.17. The zero-order valence-electron chi connectivity index (χ0n) is 15.9. The van der Waals surface area contributed by atoms with Gasteiger partial charge in [0.2, 0.25) is 0 Å². The number of morpholine rings is 1. The third-order valence-electron chi connectivity index (χ3n) is 4.90. The number of thiazole rings is 1. The van der Waals surface area contributed by atoms with Crippen LogP contribution in [0.1, 0.15) is 4.88 Å². The molecule has 0 radical (unpaired) electrons. The Morgan fingerprint density at radius 1 is 0.931 bits per heavy atom. The molecule has 0 aliphatic carbocycles. The standard InChI is InChI=1S/C22H21N5OS/c1-2-6-16(7-3-1)21-19(15-27-10-12-28-13-11-27)29-22(26-21)25-20-14-23-17-8-4-5-9-18(17)24-20/h1-9,14H,10-13,15H2,(H,24,25,26). The molecule has 0 bridgehead atoms. The lowest BCUT2D eigenvalue weighted by molar-refractivity contribution is 0.0347. The molecule has 0 atom stereocenters. The summed E-state index contributed by atoms with van der Waals surface area (Å²) in [7, 11) is 0. The first kappa shape index (κ1) is 18.2. The van der Waals surface area contributed by atoms with Crippen LogP contribution in [-0.4, -0.2) is 46.2 Å². The smallest absolute Gasteiger partial charge is 0.189 e. The van der Waals surface area contributed by atoms with Gasteiger partial charge in [0.15, 0.2) is 10.9 Å². The third-order valence-corrected chi connectivity index (χ3v) is 5.85. The zero-order chi connectivity index (χ0) is 19.5. The number of aromatic nitrogens is 3. The van der Waals surface area contributed by atoms with Crippen molar-refractivity contribution in [2.45, 2.75) is 6.54 Å². The molecular weight excluding hydrogens is 382 g/mol. The molecule has 29 heavy (non-hydrogen) atoms. The molecule has 1 N–H and O–H groups in total. The Morgan fingerprint density at radius 3 is 2.52 bits per heavy atom. The zero-order valence-corrected chi connectivity index (χ0v) is 16.7. The molecule has 2 aromatic heterocycles. The molecule has 146 valence electrons. The summed E-state index contributed by atoms with van der Waals surface area (Å²) in [6.45, 7) is 4.35. The summed E-state index contributed by atoms with van der Waals surface area (Å²) in [6.07, 6.45) is 1.76. The monoisotopic (exact) mass is 403 g/mol. The largest absolute Gasteiger partial charge is 0.379 e. The summed E-state index contributed by atoms with van der Waals surface area (Å²) in [5, 5.41) is 4.18. The first-order valence-electron chi connectivity index (χ1n) is 9.69. The molecule has 2 aromatic carbocycles. The van der Waals surface area contributed by atoms with Gasteiger partial charge in [-0.2, -0.15) is 0 Å². The molecule has 0 unspecified atom stereocenters. The molecule has 1 saturated heterocycles. The number of ether oxygens (including phenoxy) is 1. The van der Waals surface area contributed by atoms with Gasteiger partial charge in [-0.1, -0.05) is 53.8 Å². The first-order valence-corrected chi connectivity index (χ1v) is 10.5. The number of anilines is 2. The van der Waals surface area contributed by atoms with Crippen LogP contribution < -0.4 is 5.32 Å². The van der Waals surface area contributed by atoms with E-state index in [1.807, 2.05) is 30.3 Å². The molecular formula is C22H21N5OS. The highest BCUT2D eigenvalue weighted by Gasteiger charge is 2.18. The number of rotatable bonds is 5. The summed E-state index contributed by atoms with van der Waals surface area (Å²) >= 11 is 1.68. The van der Waals surface area contributed by atoms with Crippen molar-refractivity contribution in [1.82, 2.24) is 19.9 Å². The lowest BCUT2D eigenvalue weighted by Crippen LogP contribution is -2.35. The van der Waals surface area contributed by atoms with Crippen molar-refractivity contribution in [3.8, 4) is 11.3 Å². The van der Waals surface area contributed by atoms with E-state index < -0.39 is 0 Å². The lowest BCUT2D eigenvalue weighted by Gasteiger charge is -2.26. The van der Waals surface area contributed by atoms with Crippen LogP contribution in [0, 0.1) is 0 Å². The van der Waals surface area contributed by atoms with Crippen LogP contribution >= 0.6 is 11.3 Å². The maximum Gasteiger partial charge on any atom is 0.189 e. The second-order valence-corrected chi connectivity index (χ2v) is 8.00. The maximum absolute atomic E-state index is 5.49. The molecule has 1 aliphatic heterocycles. The second kappa shape index (κ2) is 8.24. The normalized spacial score (nSPS) is 14.9. The summed E-state index contributed by atoms with van der Waals surface area (Å²) < 4.78 is 5.49. The van der Waals surface area contributed by atoms with Gasteiger partial charge >= 0.3 is 0 Å². The predicted molar refractivity (Wildman–Crippen MR) is 116 cm³/mol. The van der Waals surface area contributed by atoms with Crippen LogP contribution in [0.5, 0.6) is 0 Å². The van der Waals surface area contributed by atoms with E-state index >= 15 is 0 Å². The SMILES string of the molecule is c1ccc(-c2nc(Nc3cnc4ccccc4n3)sc2CN2CCOCC2)cc1. The molecule has 0 amide bonds. The number of hydrogen-bond donors (Lipinski definition) is 1. The second-order valence-electron chi connectivity index (χ2n) is 6.91. The fraction of sp³-hybridized carbons (Fsp3) is 0.227. The van der Waals surface area contributed by atoms with Gasteiger partial charge in [-0.3, -0.25) is 9.88 Å². The topological polar surface area (TPSA) is 63.2 Å². The molecule has 7 heteroatoms. The van der Waals surface area contributed by atoms with Crippen molar-refractivity contribution < 1.29 is 4.74 Å². The Morgan fingerprint density at radius 2 is 1.69 bits per heavy atom.